The lowest BCUT2D eigenvalue weighted by Crippen LogP contribution is -2.39. The molecule has 0 aliphatic carbocycles. The van der Waals surface area contributed by atoms with Crippen LogP contribution in [0.4, 0.5) is 0 Å². The van der Waals surface area contributed by atoms with Crippen LogP contribution in [0.3, 0.4) is 0 Å². The summed E-state index contributed by atoms with van der Waals surface area (Å²) < 4.78 is 10.2. The number of rotatable bonds is 4. The second-order valence-corrected chi connectivity index (χ2v) is 14.2. The fraction of sp³-hybridized carbons (Fsp3) is 0.500. The zero-order valence-corrected chi connectivity index (χ0v) is 18.2. The van der Waals surface area contributed by atoms with Crippen LogP contribution in [0.15, 0.2) is 16.9 Å². The van der Waals surface area contributed by atoms with Gasteiger partial charge in [0.05, 0.1) is 23.0 Å². The molecule has 21 heavy (non-hydrogen) atoms. The molecule has 0 radical (unpaired) electrons. The van der Waals surface area contributed by atoms with E-state index in [9.17, 15) is 0 Å². The highest BCUT2D eigenvalue weighted by Gasteiger charge is 2.26. The van der Waals surface area contributed by atoms with Crippen LogP contribution in [0, 0.1) is 3.57 Å². The normalized spacial score (nSPS) is 15.4. The average Bonchev–Trinajstić information content (AvgIpc) is 2.70. The van der Waals surface area contributed by atoms with Gasteiger partial charge in [0.2, 0.25) is 0 Å². The van der Waals surface area contributed by atoms with Gasteiger partial charge in [-0.15, -0.1) is 0 Å². The Kier molecular flexibility index (Phi) is 5.46. The summed E-state index contributed by atoms with van der Waals surface area (Å²) in [7, 11) is -1.33. The number of ether oxygens (including phenoxy) is 1. The first kappa shape index (κ1) is 17.7. The van der Waals surface area contributed by atoms with Gasteiger partial charge in [-0.1, -0.05) is 31.2 Å². The van der Waals surface area contributed by atoms with Crippen molar-refractivity contribution in [2.45, 2.75) is 45.4 Å². The molecule has 2 aromatic heterocycles. The maximum absolute atomic E-state index is 6.39. The van der Waals surface area contributed by atoms with Gasteiger partial charge in [0.15, 0.2) is 0 Å². The second-order valence-electron chi connectivity index (χ2n) is 6.25. The molecule has 116 valence electrons. The number of nitrogens with zero attached hydrogens (tertiary/aromatic N) is 2. The SMILES string of the molecule is CC(OC(C)[Si](C)(C)C)n1cc(I)c2c(Cl)c(Br)cnc21. The molecule has 2 aromatic rings. The first-order valence-corrected chi connectivity index (χ1v) is 12.6. The van der Waals surface area contributed by atoms with Crippen molar-refractivity contribution in [2.24, 2.45) is 0 Å². The second kappa shape index (κ2) is 6.47. The van der Waals surface area contributed by atoms with Crippen molar-refractivity contribution in [3.63, 3.8) is 0 Å². The number of aromatic nitrogens is 2. The van der Waals surface area contributed by atoms with Crippen molar-refractivity contribution < 1.29 is 4.74 Å². The van der Waals surface area contributed by atoms with Crippen LogP contribution in [-0.4, -0.2) is 23.4 Å². The summed E-state index contributed by atoms with van der Waals surface area (Å²) in [6.45, 7) is 11.2. The molecular formula is C14H19BrClIN2OSi. The van der Waals surface area contributed by atoms with E-state index in [1.807, 2.05) is 0 Å². The van der Waals surface area contributed by atoms with Crippen molar-refractivity contribution >= 4 is 69.2 Å². The monoisotopic (exact) mass is 500 g/mol. The van der Waals surface area contributed by atoms with Gasteiger partial charge in [0.25, 0.3) is 0 Å². The molecule has 2 heterocycles. The Morgan fingerprint density at radius 1 is 1.38 bits per heavy atom. The summed E-state index contributed by atoms with van der Waals surface area (Å²) in [5, 5.41) is 1.68. The summed E-state index contributed by atoms with van der Waals surface area (Å²) in [6, 6.07) is 0. The standard InChI is InChI=1S/C14H19BrClIN2OSi/c1-8(20-9(2)21(3,4)5)19-7-11(17)12-13(16)10(15)6-18-14(12)19/h6-9H,1-5H3. The molecule has 2 rings (SSSR count). The molecule has 0 amide bonds. The van der Waals surface area contributed by atoms with E-state index in [0.717, 1.165) is 19.1 Å². The summed E-state index contributed by atoms with van der Waals surface area (Å²) in [6.07, 6.45) is 3.73. The van der Waals surface area contributed by atoms with Crippen LogP contribution in [0.1, 0.15) is 20.1 Å². The van der Waals surface area contributed by atoms with Gasteiger partial charge in [0, 0.05) is 21.7 Å². The maximum atomic E-state index is 6.39. The van der Waals surface area contributed by atoms with Gasteiger partial charge in [0.1, 0.15) is 11.9 Å². The van der Waals surface area contributed by atoms with Crippen LogP contribution >= 0.6 is 50.1 Å². The molecule has 0 bridgehead atoms. The van der Waals surface area contributed by atoms with Crippen LogP contribution in [0.25, 0.3) is 11.0 Å². The third-order valence-corrected chi connectivity index (χ3v) is 8.32. The fourth-order valence-corrected chi connectivity index (χ4v) is 4.07. The van der Waals surface area contributed by atoms with E-state index < -0.39 is 8.07 Å². The number of fused-ring (bicyclic) bond motifs is 1. The Hall–Kier alpha value is 0.367. The van der Waals surface area contributed by atoms with E-state index in [1.54, 1.807) is 6.20 Å². The Balaban J connectivity index is 2.41. The Bertz CT molecular complexity index is 671. The molecule has 3 nitrogen and oxygen atoms in total. The molecule has 0 aromatic carbocycles. The lowest BCUT2D eigenvalue weighted by molar-refractivity contribution is 0.000964. The highest BCUT2D eigenvalue weighted by atomic mass is 127. The fourth-order valence-electron chi connectivity index (χ4n) is 1.95. The highest BCUT2D eigenvalue weighted by Crippen LogP contribution is 2.35. The van der Waals surface area contributed by atoms with Gasteiger partial charge in [-0.3, -0.25) is 0 Å². The van der Waals surface area contributed by atoms with Crippen molar-refractivity contribution in [3.8, 4) is 0 Å². The smallest absolute Gasteiger partial charge is 0.144 e. The molecule has 0 fully saturated rings. The van der Waals surface area contributed by atoms with Crippen molar-refractivity contribution in [2.75, 3.05) is 0 Å². The predicted molar refractivity (Wildman–Crippen MR) is 104 cm³/mol. The van der Waals surface area contributed by atoms with Crippen molar-refractivity contribution in [1.29, 1.82) is 0 Å². The van der Waals surface area contributed by atoms with Crippen LogP contribution < -0.4 is 0 Å². The molecule has 0 spiro atoms. The van der Waals surface area contributed by atoms with Crippen LogP contribution in [-0.2, 0) is 4.74 Å². The van der Waals surface area contributed by atoms with Gasteiger partial charge in [-0.25, -0.2) is 4.98 Å². The van der Waals surface area contributed by atoms with E-state index >= 15 is 0 Å². The highest BCUT2D eigenvalue weighted by molar-refractivity contribution is 14.1. The Morgan fingerprint density at radius 2 is 2.00 bits per heavy atom. The Morgan fingerprint density at radius 3 is 2.57 bits per heavy atom. The van der Waals surface area contributed by atoms with Crippen LogP contribution in [0.5, 0.6) is 0 Å². The average molecular weight is 502 g/mol. The Labute approximate surface area is 153 Å². The molecule has 0 aliphatic heterocycles. The van der Waals surface area contributed by atoms with Gasteiger partial charge in [-0.2, -0.15) is 0 Å². The van der Waals surface area contributed by atoms with Gasteiger partial charge >= 0.3 is 0 Å². The third kappa shape index (κ3) is 3.65. The quantitative estimate of drug-likeness (QED) is 0.388. The lowest BCUT2D eigenvalue weighted by atomic mass is 10.3. The molecule has 0 aliphatic rings. The lowest BCUT2D eigenvalue weighted by Gasteiger charge is -2.29. The van der Waals surface area contributed by atoms with Crippen LogP contribution in [0.2, 0.25) is 24.7 Å². The van der Waals surface area contributed by atoms with E-state index in [2.05, 4.69) is 87.8 Å². The summed E-state index contributed by atoms with van der Waals surface area (Å²) >= 11 is 12.1. The predicted octanol–water partition coefficient (Wildman–Crippen LogP) is 5.86. The van der Waals surface area contributed by atoms with Gasteiger partial charge in [-0.05, 0) is 52.4 Å². The number of hydrogen-bond donors (Lipinski definition) is 0. The maximum Gasteiger partial charge on any atom is 0.144 e. The van der Waals surface area contributed by atoms with E-state index in [4.69, 9.17) is 16.3 Å². The summed E-state index contributed by atoms with van der Waals surface area (Å²) in [5.41, 5.74) is 1.14. The van der Waals surface area contributed by atoms with E-state index in [-0.39, 0.29) is 12.0 Å². The molecule has 2 atom stereocenters. The molecular weight excluding hydrogens is 483 g/mol. The van der Waals surface area contributed by atoms with E-state index in [1.165, 1.54) is 0 Å². The number of halogens is 3. The molecule has 2 unspecified atom stereocenters. The first-order chi connectivity index (χ1) is 9.62. The third-order valence-electron chi connectivity index (χ3n) is 3.70. The largest absolute Gasteiger partial charge is 0.359 e. The number of hydrogen-bond acceptors (Lipinski definition) is 2. The molecule has 7 heteroatoms. The van der Waals surface area contributed by atoms with Gasteiger partial charge < -0.3 is 9.30 Å². The minimum Gasteiger partial charge on any atom is -0.359 e. The number of pyridine rings is 1. The van der Waals surface area contributed by atoms with Crippen molar-refractivity contribution in [1.82, 2.24) is 9.55 Å². The molecule has 0 N–H and O–H groups in total. The zero-order chi connectivity index (χ0) is 15.9. The first-order valence-electron chi connectivity index (χ1n) is 6.78. The zero-order valence-electron chi connectivity index (χ0n) is 12.7. The summed E-state index contributed by atoms with van der Waals surface area (Å²) in [4.78, 5) is 4.51. The summed E-state index contributed by atoms with van der Waals surface area (Å²) in [5.74, 6) is 0. The minimum absolute atomic E-state index is 0.0671. The molecule has 0 saturated carbocycles. The molecule has 0 saturated heterocycles. The minimum atomic E-state index is -1.33. The van der Waals surface area contributed by atoms with Crippen molar-refractivity contribution in [3.05, 3.63) is 25.5 Å². The topological polar surface area (TPSA) is 27.1 Å². The van der Waals surface area contributed by atoms with E-state index in [0.29, 0.717) is 5.02 Å².